The number of likely N-dealkylation sites (N-methyl/N-ethyl adjacent to an activating group) is 1. The molecule has 1 aromatic heterocycles. The first-order valence-corrected chi connectivity index (χ1v) is 10.9. The molecule has 7 nitrogen and oxygen atoms in total. The lowest BCUT2D eigenvalue weighted by Gasteiger charge is -2.39. The summed E-state index contributed by atoms with van der Waals surface area (Å²) in [5, 5.41) is 4.94. The average molecular weight is 453 g/mol. The predicted molar refractivity (Wildman–Crippen MR) is 123 cm³/mol. The van der Waals surface area contributed by atoms with Crippen molar-refractivity contribution in [3.05, 3.63) is 69.9 Å². The van der Waals surface area contributed by atoms with Crippen LogP contribution < -0.4 is 19.5 Å². The molecular formula is C24H24N2O5S. The largest absolute Gasteiger partial charge is 0.493 e. The summed E-state index contributed by atoms with van der Waals surface area (Å²) in [6, 6.07) is 14.1. The number of nitrogens with zero attached hydrogens (tertiary/aromatic N) is 1. The average Bonchev–Trinajstić information content (AvgIpc) is 3.34. The zero-order valence-corrected chi connectivity index (χ0v) is 19.1. The van der Waals surface area contributed by atoms with Gasteiger partial charge in [0.1, 0.15) is 0 Å². The van der Waals surface area contributed by atoms with Crippen LogP contribution in [0.3, 0.4) is 0 Å². The molecule has 2 atom stereocenters. The van der Waals surface area contributed by atoms with Gasteiger partial charge in [-0.2, -0.15) is 0 Å². The van der Waals surface area contributed by atoms with E-state index in [1.807, 2.05) is 35.7 Å². The van der Waals surface area contributed by atoms with E-state index < -0.39 is 12.0 Å². The summed E-state index contributed by atoms with van der Waals surface area (Å²) in [6.07, 6.45) is 0. The monoisotopic (exact) mass is 452 g/mol. The lowest BCUT2D eigenvalue weighted by molar-refractivity contribution is -0.119. The van der Waals surface area contributed by atoms with Gasteiger partial charge in [-0.15, -0.1) is 11.3 Å². The third-order valence-electron chi connectivity index (χ3n) is 5.63. The molecular weight excluding hydrogens is 428 g/mol. The van der Waals surface area contributed by atoms with Gasteiger partial charge in [0.25, 0.3) is 5.91 Å². The van der Waals surface area contributed by atoms with E-state index in [0.29, 0.717) is 34.1 Å². The lowest BCUT2D eigenvalue weighted by Crippen LogP contribution is -2.43. The summed E-state index contributed by atoms with van der Waals surface area (Å²) in [6.45, 7) is 0. The third kappa shape index (κ3) is 3.67. The first kappa shape index (κ1) is 21.7. The van der Waals surface area contributed by atoms with E-state index in [9.17, 15) is 9.59 Å². The summed E-state index contributed by atoms with van der Waals surface area (Å²) < 4.78 is 16.2. The number of amides is 2. The Morgan fingerprint density at radius 3 is 2.28 bits per heavy atom. The number of nitrogens with one attached hydrogen (secondary N) is 1. The van der Waals surface area contributed by atoms with E-state index in [2.05, 4.69) is 5.32 Å². The van der Waals surface area contributed by atoms with Crippen molar-refractivity contribution in [1.82, 2.24) is 4.90 Å². The zero-order valence-electron chi connectivity index (χ0n) is 18.2. The number of carbonyl (C=O) groups excluding carboxylic acids is 2. The first-order chi connectivity index (χ1) is 15.5. The first-order valence-electron chi connectivity index (χ1n) is 10.0. The summed E-state index contributed by atoms with van der Waals surface area (Å²) in [5.74, 6) is 0.395. The highest BCUT2D eigenvalue weighted by atomic mass is 32.1. The van der Waals surface area contributed by atoms with Crippen molar-refractivity contribution >= 4 is 28.8 Å². The molecule has 1 N–H and O–H groups in total. The van der Waals surface area contributed by atoms with Crippen molar-refractivity contribution in [3.8, 4) is 17.2 Å². The molecule has 3 aromatic rings. The third-order valence-corrected chi connectivity index (χ3v) is 6.57. The standard InChI is InChI=1S/C24H24N2O5S/c1-26-21(19-10-7-11-32-19)20(15-8-5-6-9-16(15)24(26)28)23(27)25-14-12-17(29-2)22(31-4)18(13-14)30-3/h5-13,20-21H,1-4H3,(H,25,27). The Kier molecular flexibility index (Phi) is 6.05. The van der Waals surface area contributed by atoms with Crippen LogP contribution in [0, 0.1) is 0 Å². The lowest BCUT2D eigenvalue weighted by atomic mass is 9.81. The molecule has 166 valence electrons. The van der Waals surface area contributed by atoms with Crippen molar-refractivity contribution in [2.24, 2.45) is 0 Å². The molecule has 0 saturated carbocycles. The van der Waals surface area contributed by atoms with Gasteiger partial charge in [0.05, 0.1) is 33.3 Å². The van der Waals surface area contributed by atoms with Crippen LogP contribution in [0.5, 0.6) is 17.2 Å². The second kappa shape index (κ2) is 8.92. The van der Waals surface area contributed by atoms with Gasteiger partial charge in [-0.25, -0.2) is 0 Å². The minimum Gasteiger partial charge on any atom is -0.493 e. The Morgan fingerprint density at radius 2 is 1.69 bits per heavy atom. The molecule has 2 unspecified atom stereocenters. The van der Waals surface area contributed by atoms with Gasteiger partial charge in [0, 0.05) is 35.3 Å². The van der Waals surface area contributed by atoms with Crippen LogP contribution in [0.2, 0.25) is 0 Å². The molecule has 1 aliphatic heterocycles. The zero-order chi connectivity index (χ0) is 22.8. The molecule has 0 aliphatic carbocycles. The fraction of sp³-hybridized carbons (Fsp3) is 0.250. The SMILES string of the molecule is COc1cc(NC(=O)C2c3ccccc3C(=O)N(C)C2c2cccs2)cc(OC)c1OC. The summed E-state index contributed by atoms with van der Waals surface area (Å²) >= 11 is 1.52. The van der Waals surface area contributed by atoms with Crippen molar-refractivity contribution < 1.29 is 23.8 Å². The van der Waals surface area contributed by atoms with E-state index in [1.54, 1.807) is 30.1 Å². The molecule has 2 amide bonds. The molecule has 0 fully saturated rings. The molecule has 1 aliphatic rings. The minimum atomic E-state index is -0.591. The quantitative estimate of drug-likeness (QED) is 0.603. The molecule has 32 heavy (non-hydrogen) atoms. The number of anilines is 1. The van der Waals surface area contributed by atoms with Gasteiger partial charge in [0.15, 0.2) is 11.5 Å². The van der Waals surface area contributed by atoms with E-state index in [1.165, 1.54) is 32.7 Å². The molecule has 0 bridgehead atoms. The number of thiophene rings is 1. The van der Waals surface area contributed by atoms with Gasteiger partial charge in [-0.3, -0.25) is 9.59 Å². The van der Waals surface area contributed by atoms with Gasteiger partial charge in [-0.1, -0.05) is 24.3 Å². The fourth-order valence-electron chi connectivity index (χ4n) is 4.15. The van der Waals surface area contributed by atoms with E-state index >= 15 is 0 Å². The summed E-state index contributed by atoms with van der Waals surface area (Å²) in [5.41, 5.74) is 1.75. The molecule has 0 radical (unpaired) electrons. The summed E-state index contributed by atoms with van der Waals surface area (Å²) in [4.78, 5) is 29.3. The second-order valence-electron chi connectivity index (χ2n) is 7.34. The van der Waals surface area contributed by atoms with Crippen LogP contribution in [-0.2, 0) is 4.79 Å². The van der Waals surface area contributed by atoms with E-state index in [0.717, 1.165) is 4.88 Å². The fourth-order valence-corrected chi connectivity index (χ4v) is 5.05. The highest BCUT2D eigenvalue weighted by Gasteiger charge is 2.43. The highest BCUT2D eigenvalue weighted by Crippen LogP contribution is 2.45. The molecule has 2 aromatic carbocycles. The van der Waals surface area contributed by atoms with Crippen LogP contribution in [0.25, 0.3) is 0 Å². The van der Waals surface area contributed by atoms with Gasteiger partial charge < -0.3 is 24.4 Å². The maximum absolute atomic E-state index is 13.7. The number of methoxy groups -OCH3 is 3. The van der Waals surface area contributed by atoms with Crippen LogP contribution in [0.15, 0.2) is 53.9 Å². The number of rotatable bonds is 6. The highest BCUT2D eigenvalue weighted by molar-refractivity contribution is 7.10. The van der Waals surface area contributed by atoms with Crippen LogP contribution in [0.1, 0.15) is 32.8 Å². The van der Waals surface area contributed by atoms with E-state index in [-0.39, 0.29) is 11.8 Å². The number of hydrogen-bond donors (Lipinski definition) is 1. The molecule has 4 rings (SSSR count). The smallest absolute Gasteiger partial charge is 0.254 e. The topological polar surface area (TPSA) is 77.1 Å². The maximum Gasteiger partial charge on any atom is 0.254 e. The summed E-state index contributed by atoms with van der Waals surface area (Å²) in [7, 11) is 6.31. The molecule has 2 heterocycles. The van der Waals surface area contributed by atoms with E-state index in [4.69, 9.17) is 14.2 Å². The second-order valence-corrected chi connectivity index (χ2v) is 8.32. The van der Waals surface area contributed by atoms with Gasteiger partial charge >= 0.3 is 0 Å². The van der Waals surface area contributed by atoms with Gasteiger partial charge in [-0.05, 0) is 23.1 Å². The molecule has 8 heteroatoms. The Hall–Kier alpha value is -3.52. The maximum atomic E-state index is 13.7. The van der Waals surface area contributed by atoms with Crippen molar-refractivity contribution in [2.75, 3.05) is 33.7 Å². The number of carbonyl (C=O) groups is 2. The van der Waals surface area contributed by atoms with Gasteiger partial charge in [0.2, 0.25) is 11.7 Å². The predicted octanol–water partition coefficient (Wildman–Crippen LogP) is 4.32. The molecule has 0 spiro atoms. The Labute approximate surface area is 190 Å². The number of fused-ring (bicyclic) bond motifs is 1. The number of ether oxygens (including phenoxy) is 3. The van der Waals surface area contributed by atoms with Crippen LogP contribution in [-0.4, -0.2) is 45.1 Å². The van der Waals surface area contributed by atoms with Crippen LogP contribution >= 0.6 is 11.3 Å². The Morgan fingerprint density at radius 1 is 1.00 bits per heavy atom. The number of hydrogen-bond acceptors (Lipinski definition) is 6. The minimum absolute atomic E-state index is 0.101. The number of benzene rings is 2. The van der Waals surface area contributed by atoms with Crippen molar-refractivity contribution in [3.63, 3.8) is 0 Å². The Balaban J connectivity index is 1.77. The van der Waals surface area contributed by atoms with Crippen LogP contribution in [0.4, 0.5) is 5.69 Å². The molecule has 0 saturated heterocycles. The van der Waals surface area contributed by atoms with Crippen molar-refractivity contribution in [1.29, 1.82) is 0 Å². The Bertz CT molecular complexity index is 1120. The normalized spacial score (nSPS) is 17.5. The van der Waals surface area contributed by atoms with Crippen molar-refractivity contribution in [2.45, 2.75) is 12.0 Å².